The van der Waals surface area contributed by atoms with Crippen LogP contribution in [0.3, 0.4) is 0 Å². The van der Waals surface area contributed by atoms with Crippen LogP contribution in [-0.4, -0.2) is 35.0 Å². The zero-order chi connectivity index (χ0) is 9.56. The van der Waals surface area contributed by atoms with Crippen molar-refractivity contribution in [2.24, 2.45) is 0 Å². The molecule has 5 heteroatoms. The predicted octanol–water partition coefficient (Wildman–Crippen LogP) is 0.329. The third-order valence-corrected chi connectivity index (χ3v) is 1.87. The summed E-state index contributed by atoms with van der Waals surface area (Å²) in [5.41, 5.74) is 0. The largest absolute Gasteiger partial charge is 0.480 e. The van der Waals surface area contributed by atoms with Crippen LogP contribution in [0.25, 0.3) is 0 Å². The predicted molar refractivity (Wildman–Crippen MR) is 48.2 cm³/mol. The maximum absolute atomic E-state index is 10.9. The molecule has 70 valence electrons. The van der Waals surface area contributed by atoms with Gasteiger partial charge in [0.25, 0.3) is 0 Å². The van der Waals surface area contributed by atoms with Crippen LogP contribution in [0.5, 0.6) is 0 Å². The molecule has 0 aliphatic heterocycles. The molecule has 12 heavy (non-hydrogen) atoms. The number of carboxylic acids is 1. The first-order valence-electron chi connectivity index (χ1n) is 3.63. The van der Waals surface area contributed by atoms with Crippen molar-refractivity contribution in [1.82, 2.24) is 5.32 Å². The quantitative estimate of drug-likeness (QED) is 0.657. The molecular formula is C7H13NO3S. The summed E-state index contributed by atoms with van der Waals surface area (Å²) in [6.07, 6.45) is 2.21. The summed E-state index contributed by atoms with van der Waals surface area (Å²) in [5, 5.41) is 11.0. The fourth-order valence-corrected chi connectivity index (χ4v) is 1.05. The lowest BCUT2D eigenvalue weighted by Crippen LogP contribution is -2.41. The summed E-state index contributed by atoms with van der Waals surface area (Å²) < 4.78 is 0. The highest BCUT2D eigenvalue weighted by atomic mass is 32.2. The maximum Gasteiger partial charge on any atom is 0.326 e. The summed E-state index contributed by atoms with van der Waals surface area (Å²) in [5.74, 6) is -0.896. The van der Waals surface area contributed by atoms with E-state index in [-0.39, 0.29) is 5.91 Å². The molecule has 0 spiro atoms. The number of carboxylic acid groups (broad SMARTS) is 1. The minimum absolute atomic E-state index is 0.225. The van der Waals surface area contributed by atoms with E-state index >= 15 is 0 Å². The highest BCUT2D eigenvalue weighted by Crippen LogP contribution is 1.94. The number of nitrogens with one attached hydrogen (secondary N) is 1. The average Bonchev–Trinajstić information content (AvgIpc) is 2.00. The minimum Gasteiger partial charge on any atom is -0.480 e. The summed E-state index contributed by atoms with van der Waals surface area (Å²) in [6, 6.07) is -0.746. The molecule has 0 unspecified atom stereocenters. The summed E-state index contributed by atoms with van der Waals surface area (Å²) >= 11 is 1.37. The van der Waals surface area contributed by atoms with Crippen LogP contribution >= 0.6 is 11.8 Å². The van der Waals surface area contributed by atoms with Gasteiger partial charge in [-0.2, -0.15) is 11.8 Å². The SMILES string of the molecule is CC[C@@H](NC(=O)CSC)C(=O)O. The number of rotatable bonds is 5. The molecule has 0 aromatic rings. The average molecular weight is 191 g/mol. The minimum atomic E-state index is -0.980. The first-order valence-corrected chi connectivity index (χ1v) is 5.02. The molecule has 2 N–H and O–H groups in total. The number of hydrogen-bond donors (Lipinski definition) is 2. The lowest BCUT2D eigenvalue weighted by Gasteiger charge is -2.10. The molecule has 0 saturated carbocycles. The van der Waals surface area contributed by atoms with Gasteiger partial charge in [0.2, 0.25) is 5.91 Å². The fourth-order valence-electron chi connectivity index (χ4n) is 0.706. The summed E-state index contributed by atoms with van der Waals surface area (Å²) in [6.45, 7) is 1.72. The Kier molecular flexibility index (Phi) is 5.53. The smallest absolute Gasteiger partial charge is 0.326 e. The molecule has 0 radical (unpaired) electrons. The lowest BCUT2D eigenvalue weighted by atomic mass is 10.2. The van der Waals surface area contributed by atoms with Gasteiger partial charge in [0.1, 0.15) is 6.04 Å². The highest BCUT2D eigenvalue weighted by molar-refractivity contribution is 7.99. The van der Waals surface area contributed by atoms with Gasteiger partial charge in [0.15, 0.2) is 0 Å². The van der Waals surface area contributed by atoms with E-state index in [4.69, 9.17) is 5.11 Å². The van der Waals surface area contributed by atoms with E-state index in [1.54, 1.807) is 13.2 Å². The van der Waals surface area contributed by atoms with Gasteiger partial charge < -0.3 is 10.4 Å². The van der Waals surface area contributed by atoms with Crippen LogP contribution < -0.4 is 5.32 Å². The summed E-state index contributed by atoms with van der Waals surface area (Å²) in [7, 11) is 0. The van der Waals surface area contributed by atoms with Gasteiger partial charge in [-0.25, -0.2) is 4.79 Å². The topological polar surface area (TPSA) is 66.4 Å². The van der Waals surface area contributed by atoms with E-state index in [1.165, 1.54) is 11.8 Å². The first kappa shape index (κ1) is 11.3. The maximum atomic E-state index is 10.9. The van der Waals surface area contributed by atoms with Crippen LogP contribution in [0.4, 0.5) is 0 Å². The molecule has 0 saturated heterocycles. The molecular weight excluding hydrogens is 178 g/mol. The Morgan fingerprint density at radius 3 is 2.50 bits per heavy atom. The Hall–Kier alpha value is -0.710. The number of hydrogen-bond acceptors (Lipinski definition) is 3. The molecule has 0 aromatic carbocycles. The van der Waals surface area contributed by atoms with Crippen molar-refractivity contribution in [2.75, 3.05) is 12.0 Å². The van der Waals surface area contributed by atoms with Crippen molar-refractivity contribution >= 4 is 23.6 Å². The van der Waals surface area contributed by atoms with Crippen molar-refractivity contribution in [3.63, 3.8) is 0 Å². The van der Waals surface area contributed by atoms with Gasteiger partial charge in [-0.15, -0.1) is 0 Å². The van der Waals surface area contributed by atoms with Crippen LogP contribution in [0.1, 0.15) is 13.3 Å². The van der Waals surface area contributed by atoms with Crippen molar-refractivity contribution in [3.05, 3.63) is 0 Å². The molecule has 1 atom stereocenters. The van der Waals surface area contributed by atoms with Crippen LogP contribution in [0.15, 0.2) is 0 Å². The third kappa shape index (κ3) is 4.23. The fraction of sp³-hybridized carbons (Fsp3) is 0.714. The standard InChI is InChI=1S/C7H13NO3S/c1-3-5(7(10)11)8-6(9)4-12-2/h5H,3-4H2,1-2H3,(H,8,9)(H,10,11)/t5-/m1/s1. The second-order valence-electron chi connectivity index (χ2n) is 2.30. The van der Waals surface area contributed by atoms with Crippen LogP contribution in [0, 0.1) is 0 Å². The van der Waals surface area contributed by atoms with Crippen LogP contribution in [0.2, 0.25) is 0 Å². The number of thioether (sulfide) groups is 1. The van der Waals surface area contributed by atoms with Crippen LogP contribution in [-0.2, 0) is 9.59 Å². The first-order chi connectivity index (χ1) is 5.61. The van der Waals surface area contributed by atoms with E-state index in [0.717, 1.165) is 0 Å². The number of carbonyl (C=O) groups excluding carboxylic acids is 1. The Morgan fingerprint density at radius 2 is 2.17 bits per heavy atom. The molecule has 0 heterocycles. The van der Waals surface area contributed by atoms with Gasteiger partial charge in [-0.1, -0.05) is 6.92 Å². The number of carbonyl (C=O) groups is 2. The second-order valence-corrected chi connectivity index (χ2v) is 3.17. The molecule has 0 bridgehead atoms. The summed E-state index contributed by atoms with van der Waals surface area (Å²) in [4.78, 5) is 21.4. The zero-order valence-corrected chi connectivity index (χ0v) is 7.98. The normalized spacial score (nSPS) is 12.2. The van der Waals surface area contributed by atoms with Gasteiger partial charge in [0.05, 0.1) is 5.75 Å². The van der Waals surface area contributed by atoms with Crippen molar-refractivity contribution in [3.8, 4) is 0 Å². The second kappa shape index (κ2) is 5.88. The molecule has 0 aromatic heterocycles. The van der Waals surface area contributed by atoms with Gasteiger partial charge in [0, 0.05) is 0 Å². The van der Waals surface area contributed by atoms with E-state index in [2.05, 4.69) is 5.32 Å². The van der Waals surface area contributed by atoms with Gasteiger partial charge in [-0.3, -0.25) is 4.79 Å². The molecule has 4 nitrogen and oxygen atoms in total. The van der Waals surface area contributed by atoms with E-state index < -0.39 is 12.0 Å². The van der Waals surface area contributed by atoms with E-state index in [0.29, 0.717) is 12.2 Å². The Labute approximate surface area is 75.7 Å². The Morgan fingerprint density at radius 1 is 1.58 bits per heavy atom. The van der Waals surface area contributed by atoms with Gasteiger partial charge >= 0.3 is 5.97 Å². The molecule has 0 fully saturated rings. The molecule has 0 aliphatic carbocycles. The number of aliphatic carboxylic acids is 1. The van der Waals surface area contributed by atoms with E-state index in [9.17, 15) is 9.59 Å². The Balaban J connectivity index is 3.85. The molecule has 0 aliphatic rings. The number of amides is 1. The monoisotopic (exact) mass is 191 g/mol. The zero-order valence-electron chi connectivity index (χ0n) is 7.16. The molecule has 0 rings (SSSR count). The van der Waals surface area contributed by atoms with Crippen molar-refractivity contribution < 1.29 is 14.7 Å². The lowest BCUT2D eigenvalue weighted by molar-refractivity contribution is -0.141. The third-order valence-electron chi connectivity index (χ3n) is 1.32. The Bertz CT molecular complexity index is 172. The van der Waals surface area contributed by atoms with Crippen molar-refractivity contribution in [2.45, 2.75) is 19.4 Å². The van der Waals surface area contributed by atoms with E-state index in [1.807, 2.05) is 0 Å². The molecule has 1 amide bonds. The highest BCUT2D eigenvalue weighted by Gasteiger charge is 2.16. The van der Waals surface area contributed by atoms with Crippen molar-refractivity contribution in [1.29, 1.82) is 0 Å². The van der Waals surface area contributed by atoms with Gasteiger partial charge in [-0.05, 0) is 12.7 Å².